The van der Waals surface area contributed by atoms with Gasteiger partial charge >= 0.3 is 0 Å². The lowest BCUT2D eigenvalue weighted by Gasteiger charge is -2.35. The fourth-order valence-corrected chi connectivity index (χ4v) is 7.01. The van der Waals surface area contributed by atoms with Crippen molar-refractivity contribution in [2.24, 2.45) is 0 Å². The van der Waals surface area contributed by atoms with Gasteiger partial charge < -0.3 is 25.0 Å². The molecule has 0 unspecified atom stereocenters. The van der Waals surface area contributed by atoms with E-state index in [9.17, 15) is 8.42 Å². The number of hydrogen-bond acceptors (Lipinski definition) is 9. The minimum absolute atomic E-state index is 0.0287. The molecule has 3 aromatic rings. The highest BCUT2D eigenvalue weighted by atomic mass is 35.5. The molecule has 1 aliphatic rings. The zero-order valence-electron chi connectivity index (χ0n) is 26.9. The molecule has 9 nitrogen and oxygen atoms in total. The standard InChI is InChI=1S/C33H46ClN5O4S/c1-21(2)43-30-19-26(24-12-14-25(15-13-24)39(6)16-17-42-7)23(5)18-29(30)37-33-35-20-27(34)32(38-33)36-28-10-8-9-11-31(28)44(40,41)22(3)4/h8-11,18-22,24-25H,12-17H2,1-7H3,(H2,35,36,37,38)/t24-,25-. The van der Waals surface area contributed by atoms with Crippen LogP contribution in [0.4, 0.5) is 23.1 Å². The average Bonchev–Trinajstić information content (AvgIpc) is 2.99. The molecule has 1 fully saturated rings. The number of sulfone groups is 1. The molecule has 2 N–H and O–H groups in total. The molecule has 4 rings (SSSR count). The first-order valence-corrected chi connectivity index (χ1v) is 17.2. The molecular formula is C33H46ClN5O4S. The van der Waals surface area contributed by atoms with Gasteiger partial charge in [0.05, 0.1) is 40.4 Å². The average molecular weight is 644 g/mol. The van der Waals surface area contributed by atoms with Crippen molar-refractivity contribution < 1.29 is 17.9 Å². The second kappa shape index (κ2) is 14.9. The molecule has 0 radical (unpaired) electrons. The summed E-state index contributed by atoms with van der Waals surface area (Å²) in [6.45, 7) is 11.2. The van der Waals surface area contributed by atoms with Crippen molar-refractivity contribution in [3.63, 3.8) is 0 Å². The quantitative estimate of drug-likeness (QED) is 0.196. The summed E-state index contributed by atoms with van der Waals surface area (Å²) in [6, 6.07) is 11.6. The van der Waals surface area contributed by atoms with Crippen LogP contribution < -0.4 is 15.4 Å². The minimum Gasteiger partial charge on any atom is -0.489 e. The van der Waals surface area contributed by atoms with Crippen LogP contribution in [0.15, 0.2) is 47.5 Å². The lowest BCUT2D eigenvalue weighted by atomic mass is 9.79. The second-order valence-electron chi connectivity index (χ2n) is 12.1. The van der Waals surface area contributed by atoms with E-state index in [1.165, 1.54) is 17.3 Å². The molecule has 2 aromatic carbocycles. The molecule has 1 aromatic heterocycles. The lowest BCUT2D eigenvalue weighted by molar-refractivity contribution is 0.119. The summed E-state index contributed by atoms with van der Waals surface area (Å²) in [5.74, 6) is 1.81. The first-order chi connectivity index (χ1) is 20.9. The van der Waals surface area contributed by atoms with E-state index < -0.39 is 15.1 Å². The van der Waals surface area contributed by atoms with Gasteiger partial charge in [-0.15, -0.1) is 0 Å². The molecular weight excluding hydrogens is 598 g/mol. The fourth-order valence-electron chi connectivity index (χ4n) is 5.67. The van der Waals surface area contributed by atoms with E-state index in [2.05, 4.69) is 51.6 Å². The van der Waals surface area contributed by atoms with E-state index in [0.717, 1.165) is 50.3 Å². The molecule has 11 heteroatoms. The Bertz CT molecular complexity index is 1520. The maximum Gasteiger partial charge on any atom is 0.229 e. The number of rotatable bonds is 13. The summed E-state index contributed by atoms with van der Waals surface area (Å²) in [5, 5.41) is 6.13. The summed E-state index contributed by atoms with van der Waals surface area (Å²) >= 11 is 6.47. The highest BCUT2D eigenvalue weighted by Crippen LogP contribution is 2.41. The van der Waals surface area contributed by atoms with Gasteiger partial charge in [0, 0.05) is 19.7 Å². The molecule has 0 atom stereocenters. The Morgan fingerprint density at radius 2 is 1.75 bits per heavy atom. The predicted molar refractivity (Wildman–Crippen MR) is 179 cm³/mol. The first kappa shape index (κ1) is 34.0. The number of likely N-dealkylation sites (N-methyl/N-ethyl adjacent to an activating group) is 1. The third-order valence-electron chi connectivity index (χ3n) is 8.20. The number of nitrogens with one attached hydrogen (secondary N) is 2. The maximum absolute atomic E-state index is 13.0. The van der Waals surface area contributed by atoms with Crippen LogP contribution in [0.3, 0.4) is 0 Å². The van der Waals surface area contributed by atoms with Crippen molar-refractivity contribution in [2.45, 2.75) is 88.5 Å². The Labute approximate surface area is 267 Å². The van der Waals surface area contributed by atoms with E-state index in [4.69, 9.17) is 21.1 Å². The summed E-state index contributed by atoms with van der Waals surface area (Å²) < 4.78 is 37.5. The Hall–Kier alpha value is -2.92. The molecule has 1 saturated carbocycles. The largest absolute Gasteiger partial charge is 0.489 e. The molecule has 0 saturated heterocycles. The second-order valence-corrected chi connectivity index (χ2v) is 15.0. The Morgan fingerprint density at radius 3 is 2.41 bits per heavy atom. The number of aromatic nitrogens is 2. The van der Waals surface area contributed by atoms with Gasteiger partial charge in [-0.25, -0.2) is 13.4 Å². The number of anilines is 4. The van der Waals surface area contributed by atoms with Crippen molar-refractivity contribution in [1.29, 1.82) is 0 Å². The number of para-hydroxylation sites is 1. The van der Waals surface area contributed by atoms with Crippen LogP contribution in [0.2, 0.25) is 5.02 Å². The SMILES string of the molecule is COCCN(C)[C@H]1CC[C@H](c2cc(OC(C)C)c(Nc3ncc(Cl)c(Nc4ccccc4S(=O)(=O)C(C)C)n3)cc2C)CC1. The molecule has 44 heavy (non-hydrogen) atoms. The van der Waals surface area contributed by atoms with Crippen molar-refractivity contribution in [3.05, 3.63) is 58.7 Å². The number of benzene rings is 2. The van der Waals surface area contributed by atoms with Gasteiger partial charge in [0.1, 0.15) is 10.8 Å². The van der Waals surface area contributed by atoms with E-state index in [0.29, 0.717) is 29.4 Å². The predicted octanol–water partition coefficient (Wildman–Crippen LogP) is 7.50. The minimum atomic E-state index is -3.53. The molecule has 240 valence electrons. The maximum atomic E-state index is 13.0. The van der Waals surface area contributed by atoms with E-state index >= 15 is 0 Å². The number of methoxy groups -OCH3 is 1. The van der Waals surface area contributed by atoms with Gasteiger partial charge in [-0.05, 0) is 109 Å². The zero-order chi connectivity index (χ0) is 32.0. The third-order valence-corrected chi connectivity index (χ3v) is 10.7. The normalized spacial score (nSPS) is 17.3. The van der Waals surface area contributed by atoms with E-state index in [-0.39, 0.29) is 16.0 Å². The molecule has 0 aliphatic heterocycles. The monoisotopic (exact) mass is 643 g/mol. The van der Waals surface area contributed by atoms with Crippen LogP contribution in [-0.2, 0) is 14.6 Å². The first-order valence-electron chi connectivity index (χ1n) is 15.3. The van der Waals surface area contributed by atoms with Gasteiger partial charge in [-0.2, -0.15) is 4.98 Å². The third kappa shape index (κ3) is 8.21. The summed E-state index contributed by atoms with van der Waals surface area (Å²) in [5.41, 5.74) is 3.65. The van der Waals surface area contributed by atoms with Crippen molar-refractivity contribution >= 4 is 44.6 Å². The fraction of sp³-hybridized carbons (Fsp3) is 0.515. The number of aryl methyl sites for hydroxylation is 1. The molecule has 0 amide bonds. The zero-order valence-corrected chi connectivity index (χ0v) is 28.4. The van der Waals surface area contributed by atoms with Crippen LogP contribution in [-0.4, -0.2) is 68.0 Å². The highest BCUT2D eigenvalue weighted by Gasteiger charge is 2.27. The summed E-state index contributed by atoms with van der Waals surface area (Å²) in [6.07, 6.45) is 6.02. The van der Waals surface area contributed by atoms with Crippen LogP contribution in [0.5, 0.6) is 5.75 Å². The van der Waals surface area contributed by atoms with E-state index in [1.807, 2.05) is 13.8 Å². The Morgan fingerprint density at radius 1 is 1.05 bits per heavy atom. The smallest absolute Gasteiger partial charge is 0.229 e. The number of ether oxygens (including phenoxy) is 2. The van der Waals surface area contributed by atoms with Crippen LogP contribution >= 0.6 is 11.6 Å². The summed E-state index contributed by atoms with van der Waals surface area (Å²) in [4.78, 5) is 11.6. The number of hydrogen-bond donors (Lipinski definition) is 2. The van der Waals surface area contributed by atoms with Gasteiger partial charge in [0.15, 0.2) is 15.7 Å². The molecule has 1 aliphatic carbocycles. The topological polar surface area (TPSA) is 106 Å². The highest BCUT2D eigenvalue weighted by molar-refractivity contribution is 7.92. The molecule has 0 bridgehead atoms. The number of nitrogens with zero attached hydrogens (tertiary/aromatic N) is 3. The molecule has 0 spiro atoms. The van der Waals surface area contributed by atoms with Crippen LogP contribution in [0, 0.1) is 6.92 Å². The Kier molecular flexibility index (Phi) is 11.5. The lowest BCUT2D eigenvalue weighted by Crippen LogP contribution is -2.36. The van der Waals surface area contributed by atoms with Crippen LogP contribution in [0.1, 0.15) is 70.4 Å². The van der Waals surface area contributed by atoms with Crippen LogP contribution in [0.25, 0.3) is 0 Å². The van der Waals surface area contributed by atoms with Crippen molar-refractivity contribution in [2.75, 3.05) is 37.9 Å². The molecule has 1 heterocycles. The van der Waals surface area contributed by atoms with Gasteiger partial charge in [-0.3, -0.25) is 0 Å². The number of halogens is 1. The Balaban J connectivity index is 1.58. The van der Waals surface area contributed by atoms with Gasteiger partial charge in [-0.1, -0.05) is 23.7 Å². The van der Waals surface area contributed by atoms with Gasteiger partial charge in [0.2, 0.25) is 5.95 Å². The van der Waals surface area contributed by atoms with E-state index in [1.54, 1.807) is 45.2 Å². The van der Waals surface area contributed by atoms with Crippen molar-refractivity contribution in [1.82, 2.24) is 14.9 Å². The van der Waals surface area contributed by atoms with Gasteiger partial charge in [0.25, 0.3) is 0 Å². The summed E-state index contributed by atoms with van der Waals surface area (Å²) in [7, 11) is 0.407. The van der Waals surface area contributed by atoms with Crippen molar-refractivity contribution in [3.8, 4) is 5.75 Å².